The number of carbonyl (C=O) groups excluding carboxylic acids is 1. The molecule has 2 rings (SSSR count). The fraction of sp³-hybridized carbons (Fsp3) is 0.438. The molecule has 112 valence electrons. The molecule has 1 aromatic rings. The number of halogens is 1. The summed E-state index contributed by atoms with van der Waals surface area (Å²) in [7, 11) is 0. The van der Waals surface area contributed by atoms with Crippen molar-refractivity contribution in [3.8, 4) is 11.8 Å². The number of benzene rings is 1. The first kappa shape index (κ1) is 15.5. The molecule has 4 nitrogen and oxygen atoms in total. The summed E-state index contributed by atoms with van der Waals surface area (Å²) < 4.78 is 13.6. The topological polar surface area (TPSA) is 66.6 Å². The molecular formula is C16H19FN2O2. The molecule has 1 fully saturated rings. The van der Waals surface area contributed by atoms with Gasteiger partial charge in [-0.1, -0.05) is 11.8 Å². The molecule has 1 aliphatic heterocycles. The summed E-state index contributed by atoms with van der Waals surface area (Å²) in [5, 5.41) is 8.68. The number of carbonyl (C=O) groups is 1. The number of aliphatic hydroxyl groups excluding tert-OH is 1. The zero-order valence-electron chi connectivity index (χ0n) is 11.8. The minimum absolute atomic E-state index is 0.0419. The van der Waals surface area contributed by atoms with Crippen LogP contribution >= 0.6 is 0 Å². The Balaban J connectivity index is 2.00. The number of nitrogens with zero attached hydrogens (tertiary/aromatic N) is 1. The number of rotatable bonds is 3. The van der Waals surface area contributed by atoms with Gasteiger partial charge in [0.25, 0.3) is 0 Å². The van der Waals surface area contributed by atoms with Gasteiger partial charge in [-0.3, -0.25) is 9.69 Å². The largest absolute Gasteiger partial charge is 0.384 e. The van der Waals surface area contributed by atoms with Crippen molar-refractivity contribution in [1.82, 2.24) is 4.90 Å². The zero-order chi connectivity index (χ0) is 15.2. The average molecular weight is 290 g/mol. The molecule has 0 bridgehead atoms. The third kappa shape index (κ3) is 4.55. The number of piperidine rings is 1. The molecule has 1 aliphatic rings. The maximum Gasteiger partial charge on any atom is 0.220 e. The maximum atomic E-state index is 13.6. The molecule has 0 aromatic heterocycles. The van der Waals surface area contributed by atoms with Gasteiger partial charge < -0.3 is 10.8 Å². The Morgan fingerprint density at radius 2 is 2.10 bits per heavy atom. The minimum atomic E-state index is -0.332. The third-order valence-corrected chi connectivity index (χ3v) is 3.67. The quantitative estimate of drug-likeness (QED) is 0.812. The van der Waals surface area contributed by atoms with Gasteiger partial charge in [0.05, 0.1) is 0 Å². The lowest BCUT2D eigenvalue weighted by atomic mass is 9.96. The molecule has 0 aliphatic carbocycles. The first-order chi connectivity index (χ1) is 10.1. The molecular weight excluding hydrogens is 271 g/mol. The lowest BCUT2D eigenvalue weighted by Gasteiger charge is -2.30. The molecule has 0 unspecified atom stereocenters. The van der Waals surface area contributed by atoms with Gasteiger partial charge in [-0.25, -0.2) is 4.39 Å². The van der Waals surface area contributed by atoms with Crippen molar-refractivity contribution in [1.29, 1.82) is 0 Å². The van der Waals surface area contributed by atoms with Crippen LogP contribution in [0, 0.1) is 23.6 Å². The van der Waals surface area contributed by atoms with Crippen LogP contribution in [-0.4, -0.2) is 35.6 Å². The second-order valence-electron chi connectivity index (χ2n) is 5.26. The Bertz CT molecular complexity index is 569. The van der Waals surface area contributed by atoms with E-state index in [2.05, 4.69) is 16.7 Å². The fourth-order valence-electron chi connectivity index (χ4n) is 2.59. The first-order valence-electron chi connectivity index (χ1n) is 6.99. The number of amides is 1. The highest BCUT2D eigenvalue weighted by Crippen LogP contribution is 2.19. The molecule has 0 radical (unpaired) electrons. The van der Waals surface area contributed by atoms with Gasteiger partial charge in [-0.15, -0.1) is 0 Å². The van der Waals surface area contributed by atoms with E-state index < -0.39 is 0 Å². The summed E-state index contributed by atoms with van der Waals surface area (Å²) in [4.78, 5) is 13.3. The highest BCUT2D eigenvalue weighted by molar-refractivity contribution is 5.76. The van der Waals surface area contributed by atoms with E-state index in [0.29, 0.717) is 12.1 Å². The Morgan fingerprint density at radius 1 is 1.38 bits per heavy atom. The predicted molar refractivity (Wildman–Crippen MR) is 77.6 cm³/mol. The summed E-state index contributed by atoms with van der Waals surface area (Å²) in [6, 6.07) is 4.67. The van der Waals surface area contributed by atoms with Gasteiger partial charge in [0.2, 0.25) is 5.91 Å². The van der Waals surface area contributed by atoms with Crippen molar-refractivity contribution in [3.05, 3.63) is 35.1 Å². The van der Waals surface area contributed by atoms with Crippen LogP contribution in [0.25, 0.3) is 0 Å². The van der Waals surface area contributed by atoms with Crippen LogP contribution in [0.15, 0.2) is 18.2 Å². The number of aliphatic hydroxyl groups is 1. The monoisotopic (exact) mass is 290 g/mol. The van der Waals surface area contributed by atoms with E-state index in [-0.39, 0.29) is 24.2 Å². The maximum absolute atomic E-state index is 13.6. The van der Waals surface area contributed by atoms with Crippen LogP contribution in [-0.2, 0) is 11.3 Å². The van der Waals surface area contributed by atoms with Crippen LogP contribution in [0.1, 0.15) is 24.0 Å². The molecule has 5 heteroatoms. The van der Waals surface area contributed by atoms with E-state index in [9.17, 15) is 9.18 Å². The molecule has 3 N–H and O–H groups in total. The third-order valence-electron chi connectivity index (χ3n) is 3.67. The van der Waals surface area contributed by atoms with Crippen LogP contribution in [0.4, 0.5) is 4.39 Å². The van der Waals surface area contributed by atoms with Crippen molar-refractivity contribution in [3.63, 3.8) is 0 Å². The SMILES string of the molecule is NC(=O)C1CCN(Cc2cc(F)cc(C#CCO)c2)CC1. The van der Waals surface area contributed by atoms with Gasteiger partial charge in [0.1, 0.15) is 12.4 Å². The van der Waals surface area contributed by atoms with Crippen LogP contribution in [0.3, 0.4) is 0 Å². The number of nitrogens with two attached hydrogens (primary N) is 1. The summed E-state index contributed by atoms with van der Waals surface area (Å²) in [6.45, 7) is 1.94. The van der Waals surface area contributed by atoms with Crippen LogP contribution < -0.4 is 5.73 Å². The van der Waals surface area contributed by atoms with E-state index in [1.807, 2.05) is 6.07 Å². The fourth-order valence-corrected chi connectivity index (χ4v) is 2.59. The van der Waals surface area contributed by atoms with Gasteiger partial charge in [-0.2, -0.15) is 0 Å². The highest BCUT2D eigenvalue weighted by Gasteiger charge is 2.23. The molecule has 1 aromatic carbocycles. The van der Waals surface area contributed by atoms with Crippen molar-refractivity contribution >= 4 is 5.91 Å². The van der Waals surface area contributed by atoms with Gasteiger partial charge in [0, 0.05) is 18.0 Å². The smallest absolute Gasteiger partial charge is 0.220 e. The van der Waals surface area contributed by atoms with Gasteiger partial charge in [0.15, 0.2) is 0 Å². The number of hydrogen-bond acceptors (Lipinski definition) is 3. The van der Waals surface area contributed by atoms with Gasteiger partial charge in [-0.05, 0) is 49.7 Å². The normalized spacial score (nSPS) is 16.3. The second-order valence-corrected chi connectivity index (χ2v) is 5.26. The molecule has 1 heterocycles. The summed E-state index contributed by atoms with van der Waals surface area (Å²) in [5.41, 5.74) is 6.71. The van der Waals surface area contributed by atoms with E-state index >= 15 is 0 Å². The number of primary amides is 1. The zero-order valence-corrected chi connectivity index (χ0v) is 11.8. The van der Waals surface area contributed by atoms with E-state index in [0.717, 1.165) is 31.5 Å². The highest BCUT2D eigenvalue weighted by atomic mass is 19.1. The number of hydrogen-bond donors (Lipinski definition) is 2. The summed E-state index contributed by atoms with van der Waals surface area (Å²) >= 11 is 0. The Labute approximate surface area is 123 Å². The molecule has 21 heavy (non-hydrogen) atoms. The summed E-state index contributed by atoms with van der Waals surface area (Å²) in [6.07, 6.45) is 1.50. The number of likely N-dealkylation sites (tertiary alicyclic amines) is 1. The van der Waals surface area contributed by atoms with E-state index in [4.69, 9.17) is 10.8 Å². The molecule has 1 amide bonds. The van der Waals surface area contributed by atoms with Crippen molar-refractivity contribution < 1.29 is 14.3 Å². The summed E-state index contributed by atoms with van der Waals surface area (Å²) in [5.74, 6) is 4.62. The minimum Gasteiger partial charge on any atom is -0.384 e. The first-order valence-corrected chi connectivity index (χ1v) is 6.99. The van der Waals surface area contributed by atoms with Crippen molar-refractivity contribution in [2.75, 3.05) is 19.7 Å². The van der Waals surface area contributed by atoms with E-state index in [1.165, 1.54) is 12.1 Å². The van der Waals surface area contributed by atoms with Crippen molar-refractivity contribution in [2.24, 2.45) is 11.7 Å². The Kier molecular flexibility index (Phi) is 5.32. The average Bonchev–Trinajstić information content (AvgIpc) is 2.45. The lowest BCUT2D eigenvalue weighted by Crippen LogP contribution is -2.38. The molecule has 0 saturated carbocycles. The predicted octanol–water partition coefficient (Wildman–Crippen LogP) is 0.867. The lowest BCUT2D eigenvalue weighted by molar-refractivity contribution is -0.123. The van der Waals surface area contributed by atoms with Crippen molar-refractivity contribution in [2.45, 2.75) is 19.4 Å². The van der Waals surface area contributed by atoms with Crippen LogP contribution in [0.5, 0.6) is 0 Å². The molecule has 0 spiro atoms. The van der Waals surface area contributed by atoms with Gasteiger partial charge >= 0.3 is 0 Å². The second kappa shape index (κ2) is 7.21. The standard InChI is InChI=1S/C16H19FN2O2/c17-15-9-12(2-1-7-20)8-13(10-15)11-19-5-3-14(4-6-19)16(18)21/h8-10,14,20H,3-7,11H2,(H2,18,21). The van der Waals surface area contributed by atoms with E-state index in [1.54, 1.807) is 0 Å². The molecule has 0 atom stereocenters. The Morgan fingerprint density at radius 3 is 2.71 bits per heavy atom. The Hall–Kier alpha value is -1.90. The molecule has 1 saturated heterocycles. The van der Waals surface area contributed by atoms with Crippen LogP contribution in [0.2, 0.25) is 0 Å².